The number of rotatable bonds is 4. The summed E-state index contributed by atoms with van der Waals surface area (Å²) in [6.45, 7) is 5.56. The molecule has 2 unspecified atom stereocenters. The van der Waals surface area contributed by atoms with Crippen molar-refractivity contribution < 1.29 is 4.79 Å². The summed E-state index contributed by atoms with van der Waals surface area (Å²) in [5.41, 5.74) is 8.14. The van der Waals surface area contributed by atoms with Crippen LogP contribution < -0.4 is 10.6 Å². The van der Waals surface area contributed by atoms with Gasteiger partial charge in [0.1, 0.15) is 0 Å². The lowest BCUT2D eigenvalue weighted by Crippen LogP contribution is -2.44. The van der Waals surface area contributed by atoms with Gasteiger partial charge in [-0.3, -0.25) is 4.79 Å². The lowest BCUT2D eigenvalue weighted by Gasteiger charge is -2.35. The number of benzene rings is 1. The molecule has 0 saturated carbocycles. The van der Waals surface area contributed by atoms with Crippen molar-refractivity contribution in [1.29, 1.82) is 0 Å². The molecule has 1 aliphatic heterocycles. The molecule has 3 nitrogen and oxygen atoms in total. The van der Waals surface area contributed by atoms with Gasteiger partial charge in [0, 0.05) is 18.8 Å². The summed E-state index contributed by atoms with van der Waals surface area (Å²) in [7, 11) is 0. The number of fused-ring (bicyclic) bond motifs is 1. The highest BCUT2D eigenvalue weighted by atomic mass is 16.2. The number of carbonyl (C=O) groups is 1. The van der Waals surface area contributed by atoms with Gasteiger partial charge in [-0.2, -0.15) is 0 Å². The zero-order valence-corrected chi connectivity index (χ0v) is 11.9. The molecule has 2 rings (SSSR count). The number of para-hydroxylation sites is 1. The summed E-state index contributed by atoms with van der Waals surface area (Å²) in [4.78, 5) is 14.6. The van der Waals surface area contributed by atoms with Crippen molar-refractivity contribution in [2.75, 3.05) is 18.0 Å². The number of nitrogens with zero attached hydrogens (tertiary/aromatic N) is 1. The first-order chi connectivity index (χ1) is 9.17. The maximum atomic E-state index is 12.7. The number of amides is 1. The second kappa shape index (κ2) is 6.20. The Labute approximate surface area is 115 Å². The van der Waals surface area contributed by atoms with Gasteiger partial charge >= 0.3 is 0 Å². The summed E-state index contributed by atoms with van der Waals surface area (Å²) in [5, 5.41) is 0. The van der Waals surface area contributed by atoms with Crippen LogP contribution in [-0.2, 0) is 11.2 Å². The molecule has 0 aliphatic carbocycles. The molecule has 0 saturated heterocycles. The van der Waals surface area contributed by atoms with E-state index in [2.05, 4.69) is 26.0 Å². The van der Waals surface area contributed by atoms with Gasteiger partial charge in [0.2, 0.25) is 5.91 Å². The van der Waals surface area contributed by atoms with Gasteiger partial charge in [0.25, 0.3) is 0 Å². The van der Waals surface area contributed by atoms with Crippen LogP contribution in [0.2, 0.25) is 0 Å². The quantitative estimate of drug-likeness (QED) is 0.904. The van der Waals surface area contributed by atoms with Crippen LogP contribution in [0.4, 0.5) is 5.69 Å². The maximum absolute atomic E-state index is 12.7. The molecule has 0 fully saturated rings. The molecule has 0 spiro atoms. The van der Waals surface area contributed by atoms with Gasteiger partial charge in [-0.05, 0) is 30.4 Å². The van der Waals surface area contributed by atoms with Crippen molar-refractivity contribution in [2.24, 2.45) is 17.6 Å². The van der Waals surface area contributed by atoms with E-state index in [1.165, 1.54) is 5.56 Å². The van der Waals surface area contributed by atoms with Crippen LogP contribution >= 0.6 is 0 Å². The SMILES string of the molecule is CCCC(CN)C(=O)N1CC(C)Cc2ccccc21. The van der Waals surface area contributed by atoms with E-state index in [4.69, 9.17) is 5.73 Å². The highest BCUT2D eigenvalue weighted by Crippen LogP contribution is 2.30. The van der Waals surface area contributed by atoms with Crippen LogP contribution in [0.3, 0.4) is 0 Å². The fourth-order valence-electron chi connectivity index (χ4n) is 2.92. The normalized spacial score (nSPS) is 19.9. The first kappa shape index (κ1) is 14.1. The maximum Gasteiger partial charge on any atom is 0.231 e. The third-order valence-corrected chi connectivity index (χ3v) is 3.88. The largest absolute Gasteiger partial charge is 0.330 e. The van der Waals surface area contributed by atoms with Crippen molar-refractivity contribution in [3.63, 3.8) is 0 Å². The third-order valence-electron chi connectivity index (χ3n) is 3.88. The molecule has 104 valence electrons. The average molecular weight is 260 g/mol. The Hall–Kier alpha value is -1.35. The molecule has 0 radical (unpaired) electrons. The Morgan fingerprint density at radius 3 is 2.89 bits per heavy atom. The van der Waals surface area contributed by atoms with Crippen molar-refractivity contribution in [3.8, 4) is 0 Å². The number of hydrogen-bond acceptors (Lipinski definition) is 2. The van der Waals surface area contributed by atoms with Gasteiger partial charge in [-0.25, -0.2) is 0 Å². The van der Waals surface area contributed by atoms with Gasteiger partial charge in [0.15, 0.2) is 0 Å². The van der Waals surface area contributed by atoms with Crippen molar-refractivity contribution in [2.45, 2.75) is 33.1 Å². The second-order valence-corrected chi connectivity index (χ2v) is 5.61. The van der Waals surface area contributed by atoms with E-state index in [1.54, 1.807) is 0 Å². The highest BCUT2D eigenvalue weighted by molar-refractivity contribution is 5.96. The second-order valence-electron chi connectivity index (χ2n) is 5.61. The first-order valence-corrected chi connectivity index (χ1v) is 7.26. The minimum absolute atomic E-state index is 0.0386. The molecule has 3 heteroatoms. The van der Waals surface area contributed by atoms with Crippen LogP contribution in [0.1, 0.15) is 32.3 Å². The van der Waals surface area contributed by atoms with E-state index in [9.17, 15) is 4.79 Å². The van der Waals surface area contributed by atoms with Crippen molar-refractivity contribution >= 4 is 11.6 Å². The van der Waals surface area contributed by atoms with Crippen molar-refractivity contribution in [3.05, 3.63) is 29.8 Å². The molecular weight excluding hydrogens is 236 g/mol. The Morgan fingerprint density at radius 2 is 2.21 bits per heavy atom. The Morgan fingerprint density at radius 1 is 1.47 bits per heavy atom. The van der Waals surface area contributed by atoms with Crippen molar-refractivity contribution in [1.82, 2.24) is 0 Å². The average Bonchev–Trinajstić information content (AvgIpc) is 2.43. The lowest BCUT2D eigenvalue weighted by molar-refractivity contribution is -0.122. The molecule has 19 heavy (non-hydrogen) atoms. The van der Waals surface area contributed by atoms with Crippen LogP contribution in [0.15, 0.2) is 24.3 Å². The van der Waals surface area contributed by atoms with Crippen LogP contribution in [-0.4, -0.2) is 19.0 Å². The van der Waals surface area contributed by atoms with E-state index in [-0.39, 0.29) is 11.8 Å². The molecule has 2 N–H and O–H groups in total. The molecule has 0 bridgehead atoms. The number of carbonyl (C=O) groups excluding carboxylic acids is 1. The Kier molecular flexibility index (Phi) is 4.59. The predicted octanol–water partition coefficient (Wildman–Crippen LogP) is 2.59. The standard InChI is InChI=1S/C16H24N2O/c1-3-6-14(10-17)16(19)18-11-12(2)9-13-7-4-5-8-15(13)18/h4-5,7-8,12,14H,3,6,9-11,17H2,1-2H3. The molecule has 1 amide bonds. The molecule has 1 heterocycles. The highest BCUT2D eigenvalue weighted by Gasteiger charge is 2.29. The Balaban J connectivity index is 2.26. The zero-order valence-electron chi connectivity index (χ0n) is 11.9. The van der Waals surface area contributed by atoms with E-state index in [0.717, 1.165) is 31.5 Å². The minimum Gasteiger partial charge on any atom is -0.330 e. The summed E-state index contributed by atoms with van der Waals surface area (Å²) in [6.07, 6.45) is 2.93. The third kappa shape index (κ3) is 2.98. The molecule has 1 aromatic carbocycles. The Bertz CT molecular complexity index is 444. The van der Waals surface area contributed by atoms with E-state index >= 15 is 0 Å². The van der Waals surface area contributed by atoms with Gasteiger partial charge in [0.05, 0.1) is 5.92 Å². The van der Waals surface area contributed by atoms with Gasteiger partial charge in [-0.15, -0.1) is 0 Å². The summed E-state index contributed by atoms with van der Waals surface area (Å²) < 4.78 is 0. The fourth-order valence-corrected chi connectivity index (χ4v) is 2.92. The molecule has 0 aromatic heterocycles. The van der Waals surface area contributed by atoms with Gasteiger partial charge in [-0.1, -0.05) is 38.5 Å². The lowest BCUT2D eigenvalue weighted by atomic mass is 9.92. The monoisotopic (exact) mass is 260 g/mol. The smallest absolute Gasteiger partial charge is 0.231 e. The van der Waals surface area contributed by atoms with E-state index in [0.29, 0.717) is 12.5 Å². The number of anilines is 1. The van der Waals surface area contributed by atoms with E-state index < -0.39 is 0 Å². The van der Waals surface area contributed by atoms with Crippen LogP contribution in [0, 0.1) is 11.8 Å². The van der Waals surface area contributed by atoms with Crippen LogP contribution in [0.25, 0.3) is 0 Å². The fraction of sp³-hybridized carbons (Fsp3) is 0.562. The topological polar surface area (TPSA) is 46.3 Å². The molecular formula is C16H24N2O. The summed E-state index contributed by atoms with van der Waals surface area (Å²) in [6, 6.07) is 8.24. The first-order valence-electron chi connectivity index (χ1n) is 7.26. The predicted molar refractivity (Wildman–Crippen MR) is 79.1 cm³/mol. The summed E-state index contributed by atoms with van der Waals surface area (Å²) in [5.74, 6) is 0.672. The number of nitrogens with two attached hydrogens (primary N) is 1. The molecule has 1 aliphatic rings. The minimum atomic E-state index is -0.0386. The molecule has 1 aromatic rings. The zero-order chi connectivity index (χ0) is 13.8. The number of hydrogen-bond donors (Lipinski definition) is 1. The summed E-state index contributed by atoms with van der Waals surface area (Å²) >= 11 is 0. The van der Waals surface area contributed by atoms with Crippen LogP contribution in [0.5, 0.6) is 0 Å². The van der Waals surface area contributed by atoms with Gasteiger partial charge < -0.3 is 10.6 Å². The van der Waals surface area contributed by atoms with E-state index in [1.807, 2.05) is 17.0 Å². The molecule has 2 atom stereocenters.